The zero-order valence-electron chi connectivity index (χ0n) is 10.3. The number of aromatic nitrogens is 2. The van der Waals surface area contributed by atoms with Gasteiger partial charge in [0.05, 0.1) is 12.4 Å². The third-order valence-electron chi connectivity index (χ3n) is 3.01. The minimum Gasteiger partial charge on any atom is -0.372 e. The molecular weight excluding hydrogens is 218 g/mol. The second-order valence-electron chi connectivity index (χ2n) is 4.48. The van der Waals surface area contributed by atoms with Crippen molar-refractivity contribution in [2.24, 2.45) is 0 Å². The first-order chi connectivity index (χ1) is 8.05. The van der Waals surface area contributed by atoms with Crippen molar-refractivity contribution in [3.8, 4) is 0 Å². The van der Waals surface area contributed by atoms with Gasteiger partial charge in [-0.1, -0.05) is 0 Å². The van der Waals surface area contributed by atoms with Crippen molar-refractivity contribution in [2.45, 2.75) is 19.4 Å². The van der Waals surface area contributed by atoms with Crippen LogP contribution in [0.15, 0.2) is 12.4 Å². The lowest BCUT2D eigenvalue weighted by Gasteiger charge is -2.41. The van der Waals surface area contributed by atoms with Crippen LogP contribution in [0.2, 0.25) is 0 Å². The molecule has 92 valence electrons. The van der Waals surface area contributed by atoms with Crippen LogP contribution in [0.5, 0.6) is 0 Å². The summed E-state index contributed by atoms with van der Waals surface area (Å²) in [5.41, 5.74) is -0.598. The molecule has 0 aliphatic carbocycles. The molecule has 2 N–H and O–H groups in total. The van der Waals surface area contributed by atoms with Crippen LogP contribution in [-0.2, 0) is 4.79 Å². The second-order valence-corrected chi connectivity index (χ2v) is 4.48. The van der Waals surface area contributed by atoms with Gasteiger partial charge >= 0.3 is 0 Å². The monoisotopic (exact) mass is 235 g/mol. The summed E-state index contributed by atoms with van der Waals surface area (Å²) in [6.45, 7) is 5.14. The molecule has 2 rings (SSSR count). The number of nitrogens with one attached hydrogen (secondary N) is 2. The Morgan fingerprint density at radius 2 is 2.24 bits per heavy atom. The van der Waals surface area contributed by atoms with E-state index >= 15 is 0 Å². The van der Waals surface area contributed by atoms with Crippen LogP contribution in [0.3, 0.4) is 0 Å². The first-order valence-electron chi connectivity index (χ1n) is 5.61. The summed E-state index contributed by atoms with van der Waals surface area (Å²) in [6, 6.07) is 0. The third-order valence-corrected chi connectivity index (χ3v) is 3.01. The van der Waals surface area contributed by atoms with Crippen LogP contribution in [0.1, 0.15) is 13.8 Å². The fourth-order valence-corrected chi connectivity index (χ4v) is 1.91. The number of carbonyl (C=O) groups is 1. The molecule has 1 aromatic heterocycles. The average molecular weight is 235 g/mol. The van der Waals surface area contributed by atoms with Crippen molar-refractivity contribution in [3.05, 3.63) is 12.4 Å². The molecule has 1 saturated heterocycles. The SMILES string of the molecule is CNc1cncc(N2CCNC(=O)C2(C)C)n1. The second kappa shape index (κ2) is 4.20. The Morgan fingerprint density at radius 3 is 2.94 bits per heavy atom. The van der Waals surface area contributed by atoms with Crippen LogP contribution in [0, 0.1) is 0 Å². The number of hydrogen-bond donors (Lipinski definition) is 2. The third kappa shape index (κ3) is 2.02. The number of amides is 1. The molecule has 1 fully saturated rings. The van der Waals surface area contributed by atoms with Crippen molar-refractivity contribution in [1.82, 2.24) is 15.3 Å². The average Bonchev–Trinajstić information content (AvgIpc) is 2.32. The molecule has 1 aliphatic heterocycles. The number of piperazine rings is 1. The van der Waals surface area contributed by atoms with Gasteiger partial charge in [-0.3, -0.25) is 9.78 Å². The molecular formula is C11H17N5O. The lowest BCUT2D eigenvalue weighted by atomic mass is 9.99. The Labute approximate surface area is 100 Å². The lowest BCUT2D eigenvalue weighted by molar-refractivity contribution is -0.126. The molecule has 17 heavy (non-hydrogen) atoms. The smallest absolute Gasteiger partial charge is 0.245 e. The highest BCUT2D eigenvalue weighted by atomic mass is 16.2. The maximum atomic E-state index is 11.8. The highest BCUT2D eigenvalue weighted by Gasteiger charge is 2.38. The highest BCUT2D eigenvalue weighted by molar-refractivity contribution is 5.90. The number of anilines is 2. The van der Waals surface area contributed by atoms with E-state index in [4.69, 9.17) is 0 Å². The molecule has 0 aromatic carbocycles. The first kappa shape index (κ1) is 11.6. The van der Waals surface area contributed by atoms with Crippen LogP contribution < -0.4 is 15.5 Å². The molecule has 6 heteroatoms. The first-order valence-corrected chi connectivity index (χ1v) is 5.61. The molecule has 0 atom stereocenters. The molecule has 0 spiro atoms. The van der Waals surface area contributed by atoms with Gasteiger partial charge in [-0.25, -0.2) is 4.98 Å². The van der Waals surface area contributed by atoms with Crippen molar-refractivity contribution in [2.75, 3.05) is 30.4 Å². The summed E-state index contributed by atoms with van der Waals surface area (Å²) in [6.07, 6.45) is 3.34. The van der Waals surface area contributed by atoms with Crippen LogP contribution in [-0.4, -0.2) is 41.6 Å². The van der Waals surface area contributed by atoms with E-state index in [1.165, 1.54) is 0 Å². The number of nitrogens with zero attached hydrogens (tertiary/aromatic N) is 3. The number of carbonyl (C=O) groups excluding carboxylic acids is 1. The van der Waals surface area contributed by atoms with E-state index in [2.05, 4.69) is 20.6 Å². The minimum absolute atomic E-state index is 0.0143. The maximum Gasteiger partial charge on any atom is 0.245 e. The summed E-state index contributed by atoms with van der Waals surface area (Å²) in [4.78, 5) is 22.3. The zero-order valence-corrected chi connectivity index (χ0v) is 10.3. The quantitative estimate of drug-likeness (QED) is 0.768. The largest absolute Gasteiger partial charge is 0.372 e. The number of hydrogen-bond acceptors (Lipinski definition) is 5. The molecule has 0 saturated carbocycles. The van der Waals surface area contributed by atoms with E-state index in [9.17, 15) is 4.79 Å². The molecule has 1 aliphatic rings. The summed E-state index contributed by atoms with van der Waals surface area (Å²) < 4.78 is 0. The van der Waals surface area contributed by atoms with Crippen molar-refractivity contribution >= 4 is 17.5 Å². The Morgan fingerprint density at radius 1 is 1.47 bits per heavy atom. The Balaban J connectivity index is 2.34. The lowest BCUT2D eigenvalue weighted by Crippen LogP contribution is -2.62. The van der Waals surface area contributed by atoms with Crippen molar-refractivity contribution in [3.63, 3.8) is 0 Å². The van der Waals surface area contributed by atoms with Crippen molar-refractivity contribution < 1.29 is 4.79 Å². The van der Waals surface area contributed by atoms with Gasteiger partial charge in [0.2, 0.25) is 5.91 Å². The summed E-state index contributed by atoms with van der Waals surface area (Å²) in [5, 5.41) is 5.80. The highest BCUT2D eigenvalue weighted by Crippen LogP contribution is 2.24. The molecule has 6 nitrogen and oxygen atoms in total. The van der Waals surface area contributed by atoms with Gasteiger partial charge in [-0.05, 0) is 13.8 Å². The van der Waals surface area contributed by atoms with Crippen LogP contribution in [0.4, 0.5) is 11.6 Å². The Hall–Kier alpha value is -1.85. The maximum absolute atomic E-state index is 11.8. The van der Waals surface area contributed by atoms with E-state index in [0.717, 1.165) is 12.4 Å². The summed E-state index contributed by atoms with van der Waals surface area (Å²) >= 11 is 0. The molecule has 0 unspecified atom stereocenters. The van der Waals surface area contributed by atoms with Gasteiger partial charge in [-0.2, -0.15) is 0 Å². The summed E-state index contributed by atoms with van der Waals surface area (Å²) in [7, 11) is 1.79. The fraction of sp³-hybridized carbons (Fsp3) is 0.545. The van der Waals surface area contributed by atoms with Gasteiger partial charge in [0.25, 0.3) is 0 Å². The standard InChI is InChI=1S/C11H17N5O/c1-11(2)10(17)14-4-5-16(11)9-7-13-6-8(12-3)15-9/h6-7H,4-5H2,1-3H3,(H,12,15)(H,14,17). The Bertz CT molecular complexity index is 432. The molecule has 0 radical (unpaired) electrons. The molecule has 2 heterocycles. The molecule has 1 aromatic rings. The number of rotatable bonds is 2. The van der Waals surface area contributed by atoms with E-state index < -0.39 is 5.54 Å². The van der Waals surface area contributed by atoms with Gasteiger partial charge in [0.15, 0.2) is 0 Å². The normalized spacial score (nSPS) is 18.8. The van der Waals surface area contributed by atoms with Gasteiger partial charge < -0.3 is 15.5 Å². The molecule has 1 amide bonds. The van der Waals surface area contributed by atoms with Crippen molar-refractivity contribution in [1.29, 1.82) is 0 Å². The van der Waals surface area contributed by atoms with E-state index in [1.807, 2.05) is 18.7 Å². The van der Waals surface area contributed by atoms with E-state index in [-0.39, 0.29) is 5.91 Å². The predicted molar refractivity (Wildman–Crippen MR) is 66.0 cm³/mol. The zero-order chi connectivity index (χ0) is 12.5. The van der Waals surface area contributed by atoms with Gasteiger partial charge in [-0.15, -0.1) is 0 Å². The van der Waals surface area contributed by atoms with Crippen LogP contribution >= 0.6 is 0 Å². The topological polar surface area (TPSA) is 70.2 Å². The Kier molecular flexibility index (Phi) is 2.87. The van der Waals surface area contributed by atoms with Crippen LogP contribution in [0.25, 0.3) is 0 Å². The van der Waals surface area contributed by atoms with E-state index in [0.29, 0.717) is 12.4 Å². The predicted octanol–water partition coefficient (Wildman–Crippen LogP) is 0.233. The molecule has 0 bridgehead atoms. The minimum atomic E-state index is -0.598. The van der Waals surface area contributed by atoms with E-state index in [1.54, 1.807) is 19.4 Å². The summed E-state index contributed by atoms with van der Waals surface area (Å²) in [5.74, 6) is 1.43. The van der Waals surface area contributed by atoms with Gasteiger partial charge in [0, 0.05) is 20.1 Å². The van der Waals surface area contributed by atoms with Gasteiger partial charge in [0.1, 0.15) is 17.2 Å². The fourth-order valence-electron chi connectivity index (χ4n) is 1.91.